The van der Waals surface area contributed by atoms with E-state index in [0.717, 1.165) is 0 Å². The van der Waals surface area contributed by atoms with Crippen molar-refractivity contribution >= 4 is 0 Å². The van der Waals surface area contributed by atoms with Gasteiger partial charge in [0.15, 0.2) is 0 Å². The molecular formula is C10H13F4N3O. The summed E-state index contributed by atoms with van der Waals surface area (Å²) in [6.07, 6.45) is -8.41. The first-order chi connectivity index (χ1) is 8.47. The van der Waals surface area contributed by atoms with Crippen molar-refractivity contribution < 1.29 is 22.3 Å². The van der Waals surface area contributed by atoms with Crippen LogP contribution in [0.3, 0.4) is 0 Å². The zero-order valence-electron chi connectivity index (χ0n) is 9.91. The minimum atomic E-state index is -3.46. The smallest absolute Gasteiger partial charge is 0.322 e. The number of halogens is 4. The number of ether oxygens (including phenoxy) is 1. The topological polar surface area (TPSA) is 47.9 Å². The number of alkyl halides is 4. The number of hydrogen-bond donors (Lipinski definition) is 0. The molecule has 1 heterocycles. The van der Waals surface area contributed by atoms with Crippen LogP contribution in [0.4, 0.5) is 17.6 Å². The van der Waals surface area contributed by atoms with Crippen LogP contribution in [-0.2, 0) is 12.8 Å². The van der Waals surface area contributed by atoms with Crippen LogP contribution in [0.15, 0.2) is 0 Å². The summed E-state index contributed by atoms with van der Waals surface area (Å²) in [5.74, 6) is 0.660. The van der Waals surface area contributed by atoms with Gasteiger partial charge < -0.3 is 4.74 Å². The highest BCUT2D eigenvalue weighted by atomic mass is 19.3. The highest BCUT2D eigenvalue weighted by molar-refractivity contribution is 5.02. The van der Waals surface area contributed by atoms with Crippen LogP contribution in [0.25, 0.3) is 0 Å². The molecular weight excluding hydrogens is 254 g/mol. The zero-order valence-corrected chi connectivity index (χ0v) is 9.91. The molecule has 2 atom stereocenters. The van der Waals surface area contributed by atoms with Gasteiger partial charge in [0.2, 0.25) is 6.17 Å². The van der Waals surface area contributed by atoms with Gasteiger partial charge in [0.1, 0.15) is 11.6 Å². The fourth-order valence-electron chi connectivity index (χ4n) is 1.09. The van der Waals surface area contributed by atoms with Crippen molar-refractivity contribution in [3.05, 3.63) is 11.6 Å². The van der Waals surface area contributed by atoms with Crippen LogP contribution in [0.2, 0.25) is 0 Å². The lowest BCUT2D eigenvalue weighted by molar-refractivity contribution is -0.0787. The fourth-order valence-corrected chi connectivity index (χ4v) is 1.09. The van der Waals surface area contributed by atoms with E-state index in [9.17, 15) is 17.6 Å². The maximum Gasteiger partial charge on any atom is 0.322 e. The Labute approximate surface area is 101 Å². The molecule has 0 N–H and O–H groups in total. The third-order valence-corrected chi connectivity index (χ3v) is 2.05. The maximum atomic E-state index is 13.0. The van der Waals surface area contributed by atoms with Crippen molar-refractivity contribution in [2.75, 3.05) is 0 Å². The summed E-state index contributed by atoms with van der Waals surface area (Å²) in [4.78, 5) is 11.4. The molecule has 0 amide bonds. The lowest BCUT2D eigenvalue weighted by Crippen LogP contribution is -2.30. The van der Waals surface area contributed by atoms with Gasteiger partial charge in [0, 0.05) is 12.8 Å². The van der Waals surface area contributed by atoms with Crippen molar-refractivity contribution in [2.45, 2.75) is 45.6 Å². The predicted molar refractivity (Wildman–Crippen MR) is 55.0 cm³/mol. The molecule has 0 bridgehead atoms. The summed E-state index contributed by atoms with van der Waals surface area (Å²) >= 11 is 0. The van der Waals surface area contributed by atoms with E-state index in [0.29, 0.717) is 24.5 Å². The molecule has 102 valence electrons. The molecule has 2 unspecified atom stereocenters. The Bertz CT molecular complexity index is 369. The second kappa shape index (κ2) is 6.46. The molecule has 0 aromatic carbocycles. The van der Waals surface area contributed by atoms with E-state index in [-0.39, 0.29) is 0 Å². The van der Waals surface area contributed by atoms with E-state index in [1.54, 1.807) is 13.8 Å². The summed E-state index contributed by atoms with van der Waals surface area (Å²) < 4.78 is 53.9. The quantitative estimate of drug-likeness (QED) is 0.742. The highest BCUT2D eigenvalue weighted by Gasteiger charge is 2.32. The Balaban J connectivity index is 2.83. The molecule has 0 saturated carbocycles. The number of rotatable bonds is 6. The lowest BCUT2D eigenvalue weighted by atomic mass is 10.4. The van der Waals surface area contributed by atoms with E-state index < -0.39 is 25.0 Å². The van der Waals surface area contributed by atoms with Crippen molar-refractivity contribution in [1.29, 1.82) is 0 Å². The van der Waals surface area contributed by atoms with E-state index in [1.807, 2.05) is 0 Å². The molecule has 0 fully saturated rings. The molecule has 0 spiro atoms. The summed E-state index contributed by atoms with van der Waals surface area (Å²) in [5, 5.41) is 0. The standard InChI is InChI=1S/C10H13F4N3O/c1-3-5-15-6(4-2)17-10(16-5)18-9(14)7(11)8(12)13/h7-9H,3-4H2,1-2H3. The zero-order chi connectivity index (χ0) is 13.7. The Morgan fingerprint density at radius 2 is 1.44 bits per heavy atom. The summed E-state index contributed by atoms with van der Waals surface area (Å²) in [5.41, 5.74) is 0. The van der Waals surface area contributed by atoms with E-state index in [2.05, 4.69) is 19.7 Å². The normalized spacial score (nSPS) is 14.6. The molecule has 1 rings (SSSR count). The van der Waals surface area contributed by atoms with E-state index in [4.69, 9.17) is 0 Å². The minimum absolute atomic E-state index is 0.330. The third-order valence-electron chi connectivity index (χ3n) is 2.05. The van der Waals surface area contributed by atoms with Gasteiger partial charge in [0.25, 0.3) is 12.8 Å². The largest absolute Gasteiger partial charge is 0.425 e. The second-order valence-corrected chi connectivity index (χ2v) is 3.41. The van der Waals surface area contributed by atoms with Crippen LogP contribution >= 0.6 is 0 Å². The SMILES string of the molecule is CCc1nc(CC)nc(OC(F)C(F)C(F)F)n1. The van der Waals surface area contributed by atoms with Gasteiger partial charge in [-0.3, -0.25) is 0 Å². The number of nitrogens with zero attached hydrogens (tertiary/aromatic N) is 3. The van der Waals surface area contributed by atoms with Crippen LogP contribution in [0.1, 0.15) is 25.5 Å². The Morgan fingerprint density at radius 1 is 0.944 bits per heavy atom. The molecule has 18 heavy (non-hydrogen) atoms. The second-order valence-electron chi connectivity index (χ2n) is 3.41. The Hall–Kier alpha value is -1.47. The maximum absolute atomic E-state index is 13.0. The third kappa shape index (κ3) is 3.78. The van der Waals surface area contributed by atoms with Gasteiger partial charge in [-0.25, -0.2) is 18.2 Å². The number of aryl methyl sites for hydroxylation is 2. The van der Waals surface area contributed by atoms with Gasteiger partial charge in [-0.05, 0) is 0 Å². The van der Waals surface area contributed by atoms with Crippen LogP contribution < -0.4 is 4.74 Å². The minimum Gasteiger partial charge on any atom is -0.425 e. The molecule has 1 aromatic heterocycles. The Morgan fingerprint density at radius 3 is 1.83 bits per heavy atom. The molecule has 8 heteroatoms. The fraction of sp³-hybridized carbons (Fsp3) is 0.700. The molecule has 0 aliphatic rings. The monoisotopic (exact) mass is 267 g/mol. The average Bonchev–Trinajstić information content (AvgIpc) is 2.36. The predicted octanol–water partition coefficient (Wildman–Crippen LogP) is 2.27. The van der Waals surface area contributed by atoms with Gasteiger partial charge in [-0.2, -0.15) is 14.4 Å². The van der Waals surface area contributed by atoms with Gasteiger partial charge in [-0.15, -0.1) is 0 Å². The van der Waals surface area contributed by atoms with Crippen molar-refractivity contribution in [2.24, 2.45) is 0 Å². The van der Waals surface area contributed by atoms with E-state index in [1.165, 1.54) is 0 Å². The Kier molecular flexibility index (Phi) is 5.24. The first-order valence-corrected chi connectivity index (χ1v) is 5.44. The van der Waals surface area contributed by atoms with Crippen LogP contribution in [0, 0.1) is 0 Å². The molecule has 0 aliphatic carbocycles. The van der Waals surface area contributed by atoms with Crippen molar-refractivity contribution in [3.63, 3.8) is 0 Å². The summed E-state index contributed by atoms with van der Waals surface area (Å²) in [6, 6.07) is -0.477. The molecule has 0 radical (unpaired) electrons. The van der Waals surface area contributed by atoms with Gasteiger partial charge in [-0.1, -0.05) is 13.8 Å². The molecule has 0 aliphatic heterocycles. The molecule has 0 saturated heterocycles. The first-order valence-electron chi connectivity index (χ1n) is 5.44. The lowest BCUT2D eigenvalue weighted by Gasteiger charge is -2.14. The number of hydrogen-bond acceptors (Lipinski definition) is 4. The van der Waals surface area contributed by atoms with Crippen molar-refractivity contribution in [3.8, 4) is 6.01 Å². The van der Waals surface area contributed by atoms with Crippen LogP contribution in [0.5, 0.6) is 6.01 Å². The highest BCUT2D eigenvalue weighted by Crippen LogP contribution is 2.16. The molecule has 1 aromatic rings. The number of aromatic nitrogens is 3. The first kappa shape index (κ1) is 14.6. The summed E-state index contributed by atoms with van der Waals surface area (Å²) in [7, 11) is 0. The van der Waals surface area contributed by atoms with Crippen LogP contribution in [-0.4, -0.2) is 33.9 Å². The molecule has 4 nitrogen and oxygen atoms in total. The van der Waals surface area contributed by atoms with E-state index >= 15 is 0 Å². The summed E-state index contributed by atoms with van der Waals surface area (Å²) in [6.45, 7) is 3.51. The average molecular weight is 267 g/mol. The van der Waals surface area contributed by atoms with Gasteiger partial charge in [0.05, 0.1) is 0 Å². The van der Waals surface area contributed by atoms with Gasteiger partial charge >= 0.3 is 6.01 Å². The van der Waals surface area contributed by atoms with Crippen molar-refractivity contribution in [1.82, 2.24) is 15.0 Å².